The number of hydrogen-bond donors (Lipinski definition) is 1. The normalized spacial score (nSPS) is 11.3. The SMILES string of the molecule is CC(C)(C)NC(=O)c1ccc(-c2ncccc2Cl)c(F)c1. The van der Waals surface area contributed by atoms with Crippen LogP contribution in [0.4, 0.5) is 4.39 Å². The lowest BCUT2D eigenvalue weighted by Crippen LogP contribution is -2.40. The van der Waals surface area contributed by atoms with Crippen LogP contribution in [-0.4, -0.2) is 16.4 Å². The molecule has 0 aliphatic heterocycles. The van der Waals surface area contributed by atoms with Crippen molar-refractivity contribution in [2.75, 3.05) is 0 Å². The Hall–Kier alpha value is -1.94. The van der Waals surface area contributed by atoms with Gasteiger partial charge < -0.3 is 5.32 Å². The van der Waals surface area contributed by atoms with E-state index in [2.05, 4.69) is 10.3 Å². The van der Waals surface area contributed by atoms with Gasteiger partial charge in [-0.3, -0.25) is 9.78 Å². The van der Waals surface area contributed by atoms with Gasteiger partial charge in [0.2, 0.25) is 0 Å². The molecule has 3 nitrogen and oxygen atoms in total. The van der Waals surface area contributed by atoms with Crippen LogP contribution in [0.25, 0.3) is 11.3 Å². The predicted octanol–water partition coefficient (Wildman–Crippen LogP) is 4.07. The topological polar surface area (TPSA) is 42.0 Å². The lowest BCUT2D eigenvalue weighted by atomic mass is 10.0. The smallest absolute Gasteiger partial charge is 0.251 e. The molecule has 110 valence electrons. The second-order valence-electron chi connectivity index (χ2n) is 5.73. The average Bonchev–Trinajstić information content (AvgIpc) is 2.38. The molecule has 1 heterocycles. The van der Waals surface area contributed by atoms with Gasteiger partial charge in [-0.2, -0.15) is 0 Å². The van der Waals surface area contributed by atoms with Gasteiger partial charge in [0.1, 0.15) is 5.82 Å². The fraction of sp³-hybridized carbons (Fsp3) is 0.250. The van der Waals surface area contributed by atoms with Crippen LogP contribution in [0, 0.1) is 5.82 Å². The number of rotatable bonds is 2. The summed E-state index contributed by atoms with van der Waals surface area (Å²) in [5, 5.41) is 3.15. The van der Waals surface area contributed by atoms with Gasteiger partial charge in [-0.15, -0.1) is 0 Å². The van der Waals surface area contributed by atoms with Gasteiger partial charge in [0.15, 0.2) is 0 Å². The van der Waals surface area contributed by atoms with E-state index >= 15 is 0 Å². The molecule has 0 fully saturated rings. The first-order chi connectivity index (χ1) is 9.78. The predicted molar refractivity (Wildman–Crippen MR) is 81.9 cm³/mol. The summed E-state index contributed by atoms with van der Waals surface area (Å²) in [6, 6.07) is 7.59. The van der Waals surface area contributed by atoms with Crippen molar-refractivity contribution >= 4 is 17.5 Å². The molecule has 0 bridgehead atoms. The van der Waals surface area contributed by atoms with Crippen LogP contribution < -0.4 is 5.32 Å². The van der Waals surface area contributed by atoms with Gasteiger partial charge in [0.25, 0.3) is 5.91 Å². The van der Waals surface area contributed by atoms with E-state index in [9.17, 15) is 9.18 Å². The highest BCUT2D eigenvalue weighted by molar-refractivity contribution is 6.33. The monoisotopic (exact) mass is 306 g/mol. The maximum absolute atomic E-state index is 14.2. The first-order valence-electron chi connectivity index (χ1n) is 6.51. The Morgan fingerprint density at radius 2 is 2.00 bits per heavy atom. The van der Waals surface area contributed by atoms with E-state index in [1.165, 1.54) is 12.1 Å². The highest BCUT2D eigenvalue weighted by Crippen LogP contribution is 2.28. The lowest BCUT2D eigenvalue weighted by Gasteiger charge is -2.20. The van der Waals surface area contributed by atoms with Gasteiger partial charge in [-0.25, -0.2) is 4.39 Å². The Bertz CT molecular complexity index is 680. The molecular weight excluding hydrogens is 291 g/mol. The maximum atomic E-state index is 14.2. The second-order valence-corrected chi connectivity index (χ2v) is 6.14. The molecule has 0 saturated heterocycles. The first kappa shape index (κ1) is 15.4. The third-order valence-corrected chi connectivity index (χ3v) is 3.04. The Morgan fingerprint density at radius 1 is 1.29 bits per heavy atom. The molecular formula is C16H16ClFN2O. The molecule has 21 heavy (non-hydrogen) atoms. The van der Waals surface area contributed by atoms with Crippen LogP contribution in [0.5, 0.6) is 0 Å². The van der Waals surface area contributed by atoms with Crippen LogP contribution >= 0.6 is 11.6 Å². The van der Waals surface area contributed by atoms with Gasteiger partial charge in [-0.05, 0) is 51.1 Å². The Balaban J connectivity index is 2.35. The van der Waals surface area contributed by atoms with Gasteiger partial charge in [0, 0.05) is 22.9 Å². The van der Waals surface area contributed by atoms with E-state index in [1.807, 2.05) is 20.8 Å². The summed E-state index contributed by atoms with van der Waals surface area (Å²) in [6.45, 7) is 5.59. The molecule has 1 aromatic heterocycles. The van der Waals surface area contributed by atoms with Crippen molar-refractivity contribution in [3.8, 4) is 11.3 Å². The summed E-state index contributed by atoms with van der Waals surface area (Å²) in [5.41, 5.74) is 0.516. The minimum Gasteiger partial charge on any atom is -0.347 e. The molecule has 0 aliphatic rings. The number of pyridine rings is 1. The molecule has 1 N–H and O–H groups in total. The molecule has 2 aromatic rings. The molecule has 0 atom stereocenters. The van der Waals surface area contributed by atoms with Crippen LogP contribution in [-0.2, 0) is 0 Å². The van der Waals surface area contributed by atoms with Crippen molar-refractivity contribution in [3.05, 3.63) is 52.9 Å². The number of carbonyl (C=O) groups is 1. The van der Waals surface area contributed by atoms with Crippen LogP contribution in [0.2, 0.25) is 5.02 Å². The van der Waals surface area contributed by atoms with Gasteiger partial charge in [-0.1, -0.05) is 11.6 Å². The molecule has 5 heteroatoms. The number of nitrogens with one attached hydrogen (secondary N) is 1. The largest absolute Gasteiger partial charge is 0.347 e. The molecule has 1 amide bonds. The third-order valence-electron chi connectivity index (χ3n) is 2.73. The number of hydrogen-bond acceptors (Lipinski definition) is 2. The van der Waals surface area contributed by atoms with Crippen molar-refractivity contribution < 1.29 is 9.18 Å². The fourth-order valence-electron chi connectivity index (χ4n) is 1.85. The Kier molecular flexibility index (Phi) is 4.28. The van der Waals surface area contributed by atoms with Crippen molar-refractivity contribution in [1.29, 1.82) is 0 Å². The van der Waals surface area contributed by atoms with Gasteiger partial charge >= 0.3 is 0 Å². The van der Waals surface area contributed by atoms with Crippen LogP contribution in [0.15, 0.2) is 36.5 Å². The number of amides is 1. The molecule has 2 rings (SSSR count). The zero-order valence-electron chi connectivity index (χ0n) is 12.1. The average molecular weight is 307 g/mol. The Morgan fingerprint density at radius 3 is 2.57 bits per heavy atom. The van der Waals surface area contributed by atoms with Crippen molar-refractivity contribution in [2.45, 2.75) is 26.3 Å². The van der Waals surface area contributed by atoms with Crippen molar-refractivity contribution in [2.24, 2.45) is 0 Å². The fourth-order valence-corrected chi connectivity index (χ4v) is 2.07. The zero-order valence-corrected chi connectivity index (χ0v) is 12.8. The number of carbonyl (C=O) groups excluding carboxylic acids is 1. The third kappa shape index (κ3) is 3.79. The maximum Gasteiger partial charge on any atom is 0.251 e. The van der Waals surface area contributed by atoms with Gasteiger partial charge in [0.05, 0.1) is 10.7 Å². The lowest BCUT2D eigenvalue weighted by molar-refractivity contribution is 0.0919. The highest BCUT2D eigenvalue weighted by Gasteiger charge is 2.17. The van der Waals surface area contributed by atoms with E-state index in [1.54, 1.807) is 24.4 Å². The molecule has 0 aliphatic carbocycles. The summed E-state index contributed by atoms with van der Waals surface area (Å²) < 4.78 is 14.2. The summed E-state index contributed by atoms with van der Waals surface area (Å²) >= 11 is 6.01. The van der Waals surface area contributed by atoms with Crippen LogP contribution in [0.1, 0.15) is 31.1 Å². The van der Waals surface area contributed by atoms with Crippen molar-refractivity contribution in [3.63, 3.8) is 0 Å². The summed E-state index contributed by atoms with van der Waals surface area (Å²) in [6.07, 6.45) is 1.54. The summed E-state index contributed by atoms with van der Waals surface area (Å²) in [4.78, 5) is 16.1. The molecule has 0 saturated carbocycles. The molecule has 1 aromatic carbocycles. The molecule has 0 unspecified atom stereocenters. The standard InChI is InChI=1S/C16H16ClFN2O/c1-16(2,3)20-15(21)10-6-7-11(13(18)9-10)14-12(17)5-4-8-19-14/h4-9H,1-3H3,(H,20,21). The van der Waals surface area contributed by atoms with Crippen molar-refractivity contribution in [1.82, 2.24) is 10.3 Å². The minimum absolute atomic E-state index is 0.262. The van der Waals surface area contributed by atoms with E-state index in [0.717, 1.165) is 0 Å². The number of aromatic nitrogens is 1. The summed E-state index contributed by atoms with van der Waals surface area (Å²) in [7, 11) is 0. The second kappa shape index (κ2) is 5.82. The quantitative estimate of drug-likeness (QED) is 0.908. The Labute approximate surface area is 128 Å². The highest BCUT2D eigenvalue weighted by atomic mass is 35.5. The molecule has 0 spiro atoms. The van der Waals surface area contributed by atoms with E-state index in [-0.39, 0.29) is 22.6 Å². The number of nitrogens with zero attached hydrogens (tertiary/aromatic N) is 1. The van der Waals surface area contributed by atoms with E-state index < -0.39 is 5.82 Å². The molecule has 0 radical (unpaired) electrons. The van der Waals surface area contributed by atoms with E-state index in [0.29, 0.717) is 10.7 Å². The first-order valence-corrected chi connectivity index (χ1v) is 6.89. The zero-order chi connectivity index (χ0) is 15.6. The minimum atomic E-state index is -0.530. The van der Waals surface area contributed by atoms with E-state index in [4.69, 9.17) is 11.6 Å². The number of halogens is 2. The van der Waals surface area contributed by atoms with Crippen LogP contribution in [0.3, 0.4) is 0 Å². The summed E-state index contributed by atoms with van der Waals surface area (Å²) in [5.74, 6) is -0.850. The number of benzene rings is 1.